The maximum atomic E-state index is 14.0. The molecule has 0 aliphatic carbocycles. The number of carbonyl (C=O) groups is 3. The molecule has 2 aromatic carbocycles. The first-order valence-corrected chi connectivity index (χ1v) is 10.1. The van der Waals surface area contributed by atoms with Gasteiger partial charge in [-0.15, -0.1) is 0 Å². The lowest BCUT2D eigenvalue weighted by molar-refractivity contribution is -0.133. The summed E-state index contributed by atoms with van der Waals surface area (Å²) in [6.07, 6.45) is 0.125. The van der Waals surface area contributed by atoms with Gasteiger partial charge in [-0.2, -0.15) is 0 Å². The van der Waals surface area contributed by atoms with Gasteiger partial charge in [0.25, 0.3) is 5.91 Å². The van der Waals surface area contributed by atoms with Crippen LogP contribution in [0.15, 0.2) is 48.5 Å². The highest BCUT2D eigenvalue weighted by molar-refractivity contribution is 6.31. The third kappa shape index (κ3) is 5.36. The Hall–Kier alpha value is -2.93. The van der Waals surface area contributed by atoms with Gasteiger partial charge in [0.15, 0.2) is 0 Å². The van der Waals surface area contributed by atoms with Crippen LogP contribution in [0, 0.1) is 5.82 Å². The van der Waals surface area contributed by atoms with Crippen molar-refractivity contribution in [3.8, 4) is 0 Å². The molecule has 6 nitrogen and oxygen atoms in total. The monoisotopic (exact) mass is 431 g/mol. The molecular weight excluding hydrogens is 409 g/mol. The van der Waals surface area contributed by atoms with Crippen LogP contribution in [0.2, 0.25) is 5.02 Å². The molecule has 8 heteroatoms. The van der Waals surface area contributed by atoms with Crippen LogP contribution in [-0.4, -0.2) is 53.7 Å². The van der Waals surface area contributed by atoms with E-state index in [0.29, 0.717) is 31.2 Å². The van der Waals surface area contributed by atoms with Gasteiger partial charge in [0, 0.05) is 38.1 Å². The van der Waals surface area contributed by atoms with Crippen LogP contribution in [0.25, 0.3) is 0 Å². The van der Waals surface area contributed by atoms with Crippen molar-refractivity contribution in [1.82, 2.24) is 15.1 Å². The lowest BCUT2D eigenvalue weighted by Crippen LogP contribution is -2.51. The van der Waals surface area contributed by atoms with Crippen LogP contribution in [0.1, 0.15) is 35.3 Å². The summed E-state index contributed by atoms with van der Waals surface area (Å²) in [7, 11) is 0. The van der Waals surface area contributed by atoms with E-state index in [0.717, 1.165) is 5.56 Å². The van der Waals surface area contributed by atoms with Gasteiger partial charge in [-0.1, -0.05) is 41.9 Å². The van der Waals surface area contributed by atoms with E-state index >= 15 is 0 Å². The van der Waals surface area contributed by atoms with E-state index in [4.69, 9.17) is 11.6 Å². The molecule has 0 spiro atoms. The normalized spacial score (nSPS) is 14.9. The molecule has 158 valence electrons. The molecule has 3 amide bonds. The summed E-state index contributed by atoms with van der Waals surface area (Å²) >= 11 is 5.88. The summed E-state index contributed by atoms with van der Waals surface area (Å²) < 4.78 is 14.0. The zero-order valence-corrected chi connectivity index (χ0v) is 17.4. The Morgan fingerprint density at radius 3 is 2.30 bits per heavy atom. The molecule has 1 aliphatic rings. The Bertz CT molecular complexity index is 930. The number of piperazine rings is 1. The summed E-state index contributed by atoms with van der Waals surface area (Å²) in [6.45, 7) is 2.70. The third-order valence-corrected chi connectivity index (χ3v) is 5.27. The van der Waals surface area contributed by atoms with Crippen LogP contribution in [0.4, 0.5) is 4.39 Å². The first-order valence-electron chi connectivity index (χ1n) is 9.69. The van der Waals surface area contributed by atoms with Crippen molar-refractivity contribution in [3.63, 3.8) is 0 Å². The first-order chi connectivity index (χ1) is 14.3. The maximum absolute atomic E-state index is 14.0. The van der Waals surface area contributed by atoms with Crippen LogP contribution < -0.4 is 5.32 Å². The minimum absolute atomic E-state index is 0.0722. The number of nitrogens with zero attached hydrogens (tertiary/aromatic N) is 2. The lowest BCUT2D eigenvalue weighted by Gasteiger charge is -2.35. The number of nitrogens with one attached hydrogen (secondary N) is 1. The molecule has 1 aliphatic heterocycles. The molecule has 1 saturated heterocycles. The molecule has 1 atom stereocenters. The molecule has 0 aromatic heterocycles. The van der Waals surface area contributed by atoms with Gasteiger partial charge >= 0.3 is 0 Å². The van der Waals surface area contributed by atoms with Gasteiger partial charge in [-0.25, -0.2) is 4.39 Å². The molecule has 0 radical (unpaired) electrons. The minimum Gasteiger partial charge on any atom is -0.349 e. The smallest absolute Gasteiger partial charge is 0.257 e. The quantitative estimate of drug-likeness (QED) is 0.791. The number of halogens is 2. The van der Waals surface area contributed by atoms with E-state index < -0.39 is 17.8 Å². The number of carbonyl (C=O) groups excluding carboxylic acids is 3. The van der Waals surface area contributed by atoms with Crippen LogP contribution in [-0.2, 0) is 9.59 Å². The summed E-state index contributed by atoms with van der Waals surface area (Å²) in [5.74, 6) is -1.39. The van der Waals surface area contributed by atoms with Crippen molar-refractivity contribution < 1.29 is 18.8 Å². The highest BCUT2D eigenvalue weighted by Gasteiger charge is 2.28. The highest BCUT2D eigenvalue weighted by Crippen LogP contribution is 2.20. The highest BCUT2D eigenvalue weighted by atomic mass is 35.5. The molecule has 3 rings (SSSR count). The average molecular weight is 432 g/mol. The Morgan fingerprint density at radius 2 is 1.67 bits per heavy atom. The van der Waals surface area contributed by atoms with Crippen molar-refractivity contribution >= 4 is 29.3 Å². The summed E-state index contributed by atoms with van der Waals surface area (Å²) in [5.41, 5.74) is 0.781. The molecule has 30 heavy (non-hydrogen) atoms. The van der Waals surface area contributed by atoms with Crippen molar-refractivity contribution in [2.75, 3.05) is 26.2 Å². The summed E-state index contributed by atoms with van der Waals surface area (Å²) in [6, 6.07) is 12.8. The van der Waals surface area contributed by atoms with Crippen molar-refractivity contribution in [2.45, 2.75) is 19.4 Å². The molecule has 1 unspecified atom stereocenters. The molecule has 2 aromatic rings. The van der Waals surface area contributed by atoms with E-state index in [9.17, 15) is 18.8 Å². The SMILES string of the molecule is CC(=O)NC(CC(=O)N1CCN(C(=O)c2cc(Cl)ccc2F)CC1)c1ccccc1. The fraction of sp³-hybridized carbons (Fsp3) is 0.318. The third-order valence-electron chi connectivity index (χ3n) is 5.04. The van der Waals surface area contributed by atoms with Crippen LogP contribution >= 0.6 is 11.6 Å². The van der Waals surface area contributed by atoms with Gasteiger partial charge in [0.1, 0.15) is 5.82 Å². The number of hydrogen-bond acceptors (Lipinski definition) is 3. The van der Waals surface area contributed by atoms with Gasteiger partial charge in [-0.3, -0.25) is 14.4 Å². The number of benzene rings is 2. The van der Waals surface area contributed by atoms with Crippen molar-refractivity contribution in [3.05, 3.63) is 70.5 Å². The number of hydrogen-bond donors (Lipinski definition) is 1. The minimum atomic E-state index is -0.621. The van der Waals surface area contributed by atoms with E-state index in [1.165, 1.54) is 30.0 Å². The largest absolute Gasteiger partial charge is 0.349 e. The lowest BCUT2D eigenvalue weighted by atomic mass is 10.0. The maximum Gasteiger partial charge on any atom is 0.257 e. The van der Waals surface area contributed by atoms with Gasteiger partial charge in [-0.05, 0) is 23.8 Å². The fourth-order valence-corrected chi connectivity index (χ4v) is 3.65. The molecule has 0 saturated carbocycles. The van der Waals surface area contributed by atoms with Gasteiger partial charge in [0.2, 0.25) is 11.8 Å². The Balaban J connectivity index is 1.61. The first kappa shape index (κ1) is 21.8. The Labute approximate surface area is 179 Å². The van der Waals surface area contributed by atoms with E-state index in [2.05, 4.69) is 5.32 Å². The summed E-state index contributed by atoms with van der Waals surface area (Å²) in [4.78, 5) is 40.2. The Kier molecular flexibility index (Phi) is 7.05. The molecule has 0 bridgehead atoms. The average Bonchev–Trinajstić information content (AvgIpc) is 2.75. The molecule has 1 heterocycles. The second-order valence-corrected chi connectivity index (χ2v) is 7.60. The van der Waals surface area contributed by atoms with Crippen LogP contribution in [0.5, 0.6) is 0 Å². The predicted octanol–water partition coefficient (Wildman–Crippen LogP) is 3.03. The summed E-state index contributed by atoms with van der Waals surface area (Å²) in [5, 5.41) is 3.11. The van der Waals surface area contributed by atoms with Crippen molar-refractivity contribution in [2.24, 2.45) is 0 Å². The van der Waals surface area contributed by atoms with E-state index in [1.807, 2.05) is 30.3 Å². The number of rotatable bonds is 5. The second-order valence-electron chi connectivity index (χ2n) is 7.17. The molecular formula is C22H23ClFN3O3. The standard InChI is InChI=1S/C22H23ClFN3O3/c1-15(28)25-20(16-5-3-2-4-6-16)14-21(29)26-9-11-27(12-10-26)22(30)18-13-17(23)7-8-19(18)24/h2-8,13,20H,9-12,14H2,1H3,(H,25,28). The Morgan fingerprint density at radius 1 is 1.03 bits per heavy atom. The molecule has 1 N–H and O–H groups in total. The van der Waals surface area contributed by atoms with E-state index in [1.54, 1.807) is 4.90 Å². The van der Waals surface area contributed by atoms with Crippen LogP contribution in [0.3, 0.4) is 0 Å². The predicted molar refractivity (Wildman–Crippen MR) is 112 cm³/mol. The number of amides is 3. The second kappa shape index (κ2) is 9.71. The fourth-order valence-electron chi connectivity index (χ4n) is 3.48. The molecule has 1 fully saturated rings. The van der Waals surface area contributed by atoms with Gasteiger partial charge in [0.05, 0.1) is 18.0 Å². The zero-order chi connectivity index (χ0) is 21.7. The zero-order valence-electron chi connectivity index (χ0n) is 16.6. The van der Waals surface area contributed by atoms with Gasteiger partial charge < -0.3 is 15.1 Å². The topological polar surface area (TPSA) is 69.7 Å². The van der Waals surface area contributed by atoms with E-state index in [-0.39, 0.29) is 23.8 Å². The van der Waals surface area contributed by atoms with Crippen molar-refractivity contribution in [1.29, 1.82) is 0 Å².